The Kier molecular flexibility index (Phi) is 5.79. The molecule has 1 aliphatic heterocycles. The second kappa shape index (κ2) is 8.06. The maximum Gasteiger partial charge on any atom is 0.246 e. The summed E-state index contributed by atoms with van der Waals surface area (Å²) in [5.74, 6) is 0.0649. The van der Waals surface area contributed by atoms with Gasteiger partial charge in [0.1, 0.15) is 0 Å². The molecule has 0 aliphatic carbocycles. The average Bonchev–Trinajstić information content (AvgIpc) is 2.85. The summed E-state index contributed by atoms with van der Waals surface area (Å²) in [6.07, 6.45) is 3.56. The molecule has 1 aromatic carbocycles. The van der Waals surface area contributed by atoms with Gasteiger partial charge in [-0.25, -0.2) is 0 Å². The van der Waals surface area contributed by atoms with Crippen LogP contribution >= 0.6 is 11.6 Å². The molecule has 138 valence electrons. The van der Waals surface area contributed by atoms with Gasteiger partial charge in [0.25, 0.3) is 0 Å². The summed E-state index contributed by atoms with van der Waals surface area (Å²) >= 11 is 6.05. The Bertz CT molecular complexity index is 819. The average molecular weight is 373 g/mol. The van der Waals surface area contributed by atoms with Gasteiger partial charge in [-0.1, -0.05) is 23.7 Å². The van der Waals surface area contributed by atoms with Gasteiger partial charge < -0.3 is 4.90 Å². The molecule has 0 N–H and O–H groups in total. The minimum Gasteiger partial charge on any atom is -0.337 e. The number of amides is 1. The first-order chi connectivity index (χ1) is 12.4. The fraction of sp³-hybridized carbons (Fsp3) is 0.400. The SMILES string of the molecule is Cc1nn(C)c(C)c1C=CC(=O)N1CCN(Cc2cccc(Cl)c2)CC1. The molecule has 1 aromatic heterocycles. The molecular formula is C20H25ClN4O. The van der Waals surface area contributed by atoms with Crippen LogP contribution in [0.3, 0.4) is 0 Å². The van der Waals surface area contributed by atoms with Crippen molar-refractivity contribution < 1.29 is 4.79 Å². The van der Waals surface area contributed by atoms with E-state index in [1.54, 1.807) is 6.08 Å². The summed E-state index contributed by atoms with van der Waals surface area (Å²) in [7, 11) is 1.92. The Hall–Kier alpha value is -2.11. The molecule has 0 saturated carbocycles. The molecule has 2 aromatic rings. The molecule has 5 nitrogen and oxygen atoms in total. The summed E-state index contributed by atoms with van der Waals surface area (Å²) in [5, 5.41) is 5.15. The summed E-state index contributed by atoms with van der Waals surface area (Å²) in [6, 6.07) is 7.95. The van der Waals surface area contributed by atoms with Gasteiger partial charge in [0.05, 0.1) is 5.69 Å². The van der Waals surface area contributed by atoms with Crippen LogP contribution in [0.25, 0.3) is 6.08 Å². The number of carbonyl (C=O) groups excluding carboxylic acids is 1. The highest BCUT2D eigenvalue weighted by Gasteiger charge is 2.20. The Morgan fingerprint density at radius 1 is 1.23 bits per heavy atom. The lowest BCUT2D eigenvalue weighted by Gasteiger charge is -2.34. The number of nitrogens with zero attached hydrogens (tertiary/aromatic N) is 4. The molecule has 1 amide bonds. The Morgan fingerprint density at radius 2 is 1.96 bits per heavy atom. The van der Waals surface area contributed by atoms with Crippen molar-refractivity contribution in [1.82, 2.24) is 19.6 Å². The van der Waals surface area contributed by atoms with Crippen molar-refractivity contribution in [1.29, 1.82) is 0 Å². The zero-order valence-corrected chi connectivity index (χ0v) is 16.3. The van der Waals surface area contributed by atoms with E-state index >= 15 is 0 Å². The maximum atomic E-state index is 12.5. The van der Waals surface area contributed by atoms with Crippen LogP contribution in [0.4, 0.5) is 0 Å². The summed E-state index contributed by atoms with van der Waals surface area (Å²) in [5.41, 5.74) is 4.25. The van der Waals surface area contributed by atoms with E-state index in [0.717, 1.165) is 54.7 Å². The number of aromatic nitrogens is 2. The molecule has 0 unspecified atom stereocenters. The predicted molar refractivity (Wildman–Crippen MR) is 105 cm³/mol. The Labute approximate surface area is 159 Å². The van der Waals surface area contributed by atoms with Gasteiger partial charge in [-0.2, -0.15) is 5.10 Å². The van der Waals surface area contributed by atoms with Gasteiger partial charge in [-0.15, -0.1) is 0 Å². The Balaban J connectivity index is 1.54. The number of hydrogen-bond acceptors (Lipinski definition) is 3. The second-order valence-corrected chi connectivity index (χ2v) is 7.21. The minimum absolute atomic E-state index is 0.0649. The lowest BCUT2D eigenvalue weighted by molar-refractivity contribution is -0.127. The summed E-state index contributed by atoms with van der Waals surface area (Å²) in [4.78, 5) is 16.8. The van der Waals surface area contributed by atoms with Crippen LogP contribution in [0.15, 0.2) is 30.3 Å². The number of rotatable bonds is 4. The first-order valence-corrected chi connectivity index (χ1v) is 9.26. The standard InChI is InChI=1S/C20H25ClN4O/c1-15-19(16(2)23(3)22-15)7-8-20(26)25-11-9-24(10-12-25)14-17-5-4-6-18(21)13-17/h4-8,13H,9-12,14H2,1-3H3. The van der Waals surface area contributed by atoms with Crippen molar-refractivity contribution in [2.24, 2.45) is 7.05 Å². The molecule has 0 spiro atoms. The molecule has 0 bridgehead atoms. The zero-order valence-electron chi connectivity index (χ0n) is 15.6. The van der Waals surface area contributed by atoms with Gasteiger partial charge in [0.15, 0.2) is 0 Å². The first-order valence-electron chi connectivity index (χ1n) is 8.88. The third kappa shape index (κ3) is 4.34. The molecule has 3 rings (SSSR count). The highest BCUT2D eigenvalue weighted by molar-refractivity contribution is 6.30. The lowest BCUT2D eigenvalue weighted by atomic mass is 10.1. The van der Waals surface area contributed by atoms with Crippen molar-refractivity contribution in [3.63, 3.8) is 0 Å². The third-order valence-corrected chi connectivity index (χ3v) is 5.17. The van der Waals surface area contributed by atoms with Gasteiger partial charge in [-0.05, 0) is 37.6 Å². The first kappa shape index (κ1) is 18.7. The maximum absolute atomic E-state index is 12.5. The quantitative estimate of drug-likeness (QED) is 0.774. The van der Waals surface area contributed by atoms with Crippen LogP contribution in [-0.2, 0) is 18.4 Å². The van der Waals surface area contributed by atoms with Crippen LogP contribution in [0.2, 0.25) is 5.02 Å². The highest BCUT2D eigenvalue weighted by Crippen LogP contribution is 2.16. The van der Waals surface area contributed by atoms with Crippen molar-refractivity contribution in [2.75, 3.05) is 26.2 Å². The van der Waals surface area contributed by atoms with Gasteiger partial charge in [-0.3, -0.25) is 14.4 Å². The van der Waals surface area contributed by atoms with Crippen molar-refractivity contribution in [3.8, 4) is 0 Å². The van der Waals surface area contributed by atoms with Gasteiger partial charge in [0, 0.05) is 62.1 Å². The van der Waals surface area contributed by atoms with E-state index in [1.165, 1.54) is 5.56 Å². The van der Waals surface area contributed by atoms with Crippen LogP contribution in [0.1, 0.15) is 22.5 Å². The third-order valence-electron chi connectivity index (χ3n) is 4.94. The van der Waals surface area contributed by atoms with E-state index in [2.05, 4.69) is 16.1 Å². The number of aryl methyl sites for hydroxylation is 2. The van der Waals surface area contributed by atoms with E-state index < -0.39 is 0 Å². The van der Waals surface area contributed by atoms with E-state index in [-0.39, 0.29) is 5.91 Å². The fourth-order valence-electron chi connectivity index (χ4n) is 3.31. The lowest BCUT2D eigenvalue weighted by Crippen LogP contribution is -2.47. The van der Waals surface area contributed by atoms with Crippen molar-refractivity contribution in [2.45, 2.75) is 20.4 Å². The predicted octanol–water partition coefficient (Wildman–Crippen LogP) is 3.05. The normalized spacial score (nSPS) is 15.8. The van der Waals surface area contributed by atoms with E-state index in [0.29, 0.717) is 0 Å². The topological polar surface area (TPSA) is 41.4 Å². The van der Waals surface area contributed by atoms with Crippen LogP contribution in [0.5, 0.6) is 0 Å². The fourth-order valence-corrected chi connectivity index (χ4v) is 3.52. The molecular weight excluding hydrogens is 348 g/mol. The summed E-state index contributed by atoms with van der Waals surface area (Å²) in [6.45, 7) is 8.08. The van der Waals surface area contributed by atoms with Crippen molar-refractivity contribution >= 4 is 23.6 Å². The summed E-state index contributed by atoms with van der Waals surface area (Å²) < 4.78 is 1.84. The second-order valence-electron chi connectivity index (χ2n) is 6.77. The Morgan fingerprint density at radius 3 is 2.58 bits per heavy atom. The van der Waals surface area contributed by atoms with Gasteiger partial charge >= 0.3 is 0 Å². The number of piperazine rings is 1. The largest absolute Gasteiger partial charge is 0.337 e. The van der Waals surface area contributed by atoms with E-state index in [1.807, 2.05) is 54.8 Å². The van der Waals surface area contributed by atoms with Gasteiger partial charge in [0.2, 0.25) is 5.91 Å². The van der Waals surface area contributed by atoms with E-state index in [4.69, 9.17) is 11.6 Å². The zero-order chi connectivity index (χ0) is 18.7. The monoisotopic (exact) mass is 372 g/mol. The molecule has 1 aliphatic rings. The van der Waals surface area contributed by atoms with Crippen LogP contribution < -0.4 is 0 Å². The molecule has 1 fully saturated rings. The number of carbonyl (C=O) groups is 1. The molecule has 26 heavy (non-hydrogen) atoms. The number of halogens is 1. The molecule has 0 radical (unpaired) electrons. The smallest absolute Gasteiger partial charge is 0.246 e. The van der Waals surface area contributed by atoms with Crippen LogP contribution in [-0.4, -0.2) is 51.7 Å². The molecule has 6 heteroatoms. The minimum atomic E-state index is 0.0649. The number of hydrogen-bond donors (Lipinski definition) is 0. The molecule has 1 saturated heterocycles. The molecule has 2 heterocycles. The molecule has 0 atom stereocenters. The van der Waals surface area contributed by atoms with E-state index in [9.17, 15) is 4.79 Å². The highest BCUT2D eigenvalue weighted by atomic mass is 35.5. The number of benzene rings is 1. The van der Waals surface area contributed by atoms with Crippen molar-refractivity contribution in [3.05, 3.63) is 57.9 Å². The van der Waals surface area contributed by atoms with Crippen LogP contribution in [0, 0.1) is 13.8 Å².